The van der Waals surface area contributed by atoms with E-state index in [0.29, 0.717) is 18.1 Å². The van der Waals surface area contributed by atoms with E-state index in [1.165, 1.54) is 12.5 Å². The van der Waals surface area contributed by atoms with E-state index in [2.05, 4.69) is 5.32 Å². The molecule has 1 aromatic heterocycles. The van der Waals surface area contributed by atoms with Gasteiger partial charge in [0.15, 0.2) is 0 Å². The molecule has 0 bridgehead atoms. The molecule has 1 saturated carbocycles. The lowest BCUT2D eigenvalue weighted by Crippen LogP contribution is -2.33. The van der Waals surface area contributed by atoms with Gasteiger partial charge in [-0.3, -0.25) is 9.59 Å². The second-order valence-corrected chi connectivity index (χ2v) is 5.79. The Morgan fingerprint density at radius 2 is 2.05 bits per heavy atom. The number of carbonyl (C=O) groups excluding carboxylic acids is 1. The summed E-state index contributed by atoms with van der Waals surface area (Å²) < 4.78 is 1.58. The molecule has 4 nitrogen and oxygen atoms in total. The Labute approximate surface area is 124 Å². The number of aromatic nitrogens is 1. The number of aryl methyl sites for hydroxylation is 1. The molecule has 1 heterocycles. The van der Waals surface area contributed by atoms with Gasteiger partial charge >= 0.3 is 0 Å². The average molecular weight is 297 g/mol. The first-order valence-electron chi connectivity index (χ1n) is 7.30. The van der Waals surface area contributed by atoms with Crippen molar-refractivity contribution in [3.63, 3.8) is 0 Å². The van der Waals surface area contributed by atoms with Crippen LogP contribution in [-0.2, 0) is 11.3 Å². The lowest BCUT2D eigenvalue weighted by Gasteiger charge is -2.20. The predicted molar refractivity (Wildman–Crippen MR) is 79.9 cm³/mol. The highest BCUT2D eigenvalue weighted by molar-refractivity contribution is 6.30. The summed E-state index contributed by atoms with van der Waals surface area (Å²) in [5.41, 5.74) is -0.0620. The zero-order valence-electron chi connectivity index (χ0n) is 11.6. The molecule has 5 heteroatoms. The Bertz CT molecular complexity index is 507. The number of amides is 1. The Morgan fingerprint density at radius 3 is 2.80 bits per heavy atom. The topological polar surface area (TPSA) is 51.1 Å². The van der Waals surface area contributed by atoms with E-state index in [1.807, 2.05) is 0 Å². The average Bonchev–Trinajstić information content (AvgIpc) is 2.47. The summed E-state index contributed by atoms with van der Waals surface area (Å²) in [6.45, 7) is 1.18. The van der Waals surface area contributed by atoms with Crippen molar-refractivity contribution in [1.29, 1.82) is 0 Å². The van der Waals surface area contributed by atoms with Crippen LogP contribution in [0.3, 0.4) is 0 Å². The van der Waals surface area contributed by atoms with E-state index in [0.717, 1.165) is 32.1 Å². The van der Waals surface area contributed by atoms with E-state index < -0.39 is 0 Å². The molecule has 1 aromatic rings. The number of pyridine rings is 1. The largest absolute Gasteiger partial charge is 0.356 e. The Kier molecular flexibility index (Phi) is 5.65. The number of halogens is 1. The minimum atomic E-state index is -0.0620. The predicted octanol–water partition coefficient (Wildman–Crippen LogP) is 2.59. The van der Waals surface area contributed by atoms with Crippen LogP contribution in [0, 0.1) is 5.92 Å². The normalized spacial score (nSPS) is 16.1. The molecule has 0 radical (unpaired) electrons. The van der Waals surface area contributed by atoms with Gasteiger partial charge in [0, 0.05) is 31.3 Å². The third-order valence-corrected chi connectivity index (χ3v) is 4.02. The number of carbonyl (C=O) groups is 1. The van der Waals surface area contributed by atoms with Gasteiger partial charge in [-0.25, -0.2) is 0 Å². The van der Waals surface area contributed by atoms with E-state index in [-0.39, 0.29) is 17.4 Å². The van der Waals surface area contributed by atoms with E-state index in [4.69, 9.17) is 11.6 Å². The summed E-state index contributed by atoms with van der Waals surface area (Å²) in [5.74, 6) is 0.362. The molecule has 0 spiro atoms. The van der Waals surface area contributed by atoms with Crippen LogP contribution in [0.4, 0.5) is 0 Å². The van der Waals surface area contributed by atoms with Gasteiger partial charge in [0.25, 0.3) is 5.56 Å². The van der Waals surface area contributed by atoms with Gasteiger partial charge in [-0.05, 0) is 25.3 Å². The SMILES string of the molecule is O=C(NCCCn1cc(Cl)ccc1=O)C1CCCCC1. The molecule has 110 valence electrons. The highest BCUT2D eigenvalue weighted by Gasteiger charge is 2.20. The van der Waals surface area contributed by atoms with Crippen molar-refractivity contribution >= 4 is 17.5 Å². The van der Waals surface area contributed by atoms with Gasteiger partial charge in [-0.15, -0.1) is 0 Å². The molecule has 1 N–H and O–H groups in total. The third-order valence-electron chi connectivity index (χ3n) is 3.80. The van der Waals surface area contributed by atoms with Crippen molar-refractivity contribution < 1.29 is 4.79 Å². The minimum absolute atomic E-state index is 0.0620. The molecular weight excluding hydrogens is 276 g/mol. The molecule has 0 aliphatic heterocycles. The van der Waals surface area contributed by atoms with Crippen molar-refractivity contribution in [3.8, 4) is 0 Å². The van der Waals surface area contributed by atoms with E-state index in [1.54, 1.807) is 16.8 Å². The van der Waals surface area contributed by atoms with Crippen LogP contribution >= 0.6 is 11.6 Å². The molecular formula is C15H21ClN2O2. The van der Waals surface area contributed by atoms with Crippen molar-refractivity contribution in [2.75, 3.05) is 6.54 Å². The van der Waals surface area contributed by atoms with Crippen molar-refractivity contribution in [2.24, 2.45) is 5.92 Å². The van der Waals surface area contributed by atoms with Gasteiger partial charge in [0.05, 0.1) is 5.02 Å². The number of hydrogen-bond donors (Lipinski definition) is 1. The van der Waals surface area contributed by atoms with Crippen LogP contribution in [0.15, 0.2) is 23.1 Å². The van der Waals surface area contributed by atoms with Crippen LogP contribution in [0.5, 0.6) is 0 Å². The van der Waals surface area contributed by atoms with Gasteiger partial charge in [0.2, 0.25) is 5.91 Å². The second-order valence-electron chi connectivity index (χ2n) is 5.36. The molecule has 1 fully saturated rings. The monoisotopic (exact) mass is 296 g/mol. The van der Waals surface area contributed by atoms with Crippen LogP contribution in [0.2, 0.25) is 5.02 Å². The Morgan fingerprint density at radius 1 is 1.30 bits per heavy atom. The fraction of sp³-hybridized carbons (Fsp3) is 0.600. The molecule has 0 atom stereocenters. The third kappa shape index (κ3) is 4.37. The highest BCUT2D eigenvalue weighted by atomic mass is 35.5. The summed E-state index contributed by atoms with van der Waals surface area (Å²) >= 11 is 5.85. The molecule has 1 amide bonds. The number of rotatable bonds is 5. The lowest BCUT2D eigenvalue weighted by molar-refractivity contribution is -0.125. The van der Waals surface area contributed by atoms with Crippen LogP contribution in [0.25, 0.3) is 0 Å². The van der Waals surface area contributed by atoms with Gasteiger partial charge in [0.1, 0.15) is 0 Å². The Balaban J connectivity index is 1.72. The van der Waals surface area contributed by atoms with Crippen LogP contribution < -0.4 is 10.9 Å². The van der Waals surface area contributed by atoms with Crippen molar-refractivity contribution in [3.05, 3.63) is 33.7 Å². The maximum Gasteiger partial charge on any atom is 0.250 e. The summed E-state index contributed by atoms with van der Waals surface area (Å²) in [5, 5.41) is 3.52. The second kappa shape index (κ2) is 7.48. The first kappa shape index (κ1) is 15.1. The smallest absolute Gasteiger partial charge is 0.250 e. The molecule has 20 heavy (non-hydrogen) atoms. The van der Waals surface area contributed by atoms with E-state index >= 15 is 0 Å². The lowest BCUT2D eigenvalue weighted by atomic mass is 9.89. The maximum absolute atomic E-state index is 11.9. The molecule has 1 aliphatic carbocycles. The Hall–Kier alpha value is -1.29. The molecule has 0 unspecified atom stereocenters. The van der Waals surface area contributed by atoms with Crippen LogP contribution in [0.1, 0.15) is 38.5 Å². The first-order valence-corrected chi connectivity index (χ1v) is 7.68. The maximum atomic E-state index is 11.9. The summed E-state index contributed by atoms with van der Waals surface area (Å²) in [6, 6.07) is 3.05. The number of nitrogens with one attached hydrogen (secondary N) is 1. The van der Waals surface area contributed by atoms with Gasteiger partial charge in [-0.1, -0.05) is 30.9 Å². The zero-order chi connectivity index (χ0) is 14.4. The first-order chi connectivity index (χ1) is 9.66. The van der Waals surface area contributed by atoms with Gasteiger partial charge < -0.3 is 9.88 Å². The van der Waals surface area contributed by atoms with Crippen molar-refractivity contribution in [1.82, 2.24) is 9.88 Å². The molecule has 1 aliphatic rings. The molecule has 0 saturated heterocycles. The number of hydrogen-bond acceptors (Lipinski definition) is 2. The zero-order valence-corrected chi connectivity index (χ0v) is 12.4. The number of nitrogens with zero attached hydrogens (tertiary/aromatic N) is 1. The minimum Gasteiger partial charge on any atom is -0.356 e. The molecule has 2 rings (SSSR count). The quantitative estimate of drug-likeness (QED) is 0.849. The fourth-order valence-corrected chi connectivity index (χ4v) is 2.83. The summed E-state index contributed by atoms with van der Waals surface area (Å²) in [4.78, 5) is 23.5. The van der Waals surface area contributed by atoms with Gasteiger partial charge in [-0.2, -0.15) is 0 Å². The van der Waals surface area contributed by atoms with E-state index in [9.17, 15) is 9.59 Å². The highest BCUT2D eigenvalue weighted by Crippen LogP contribution is 2.23. The fourth-order valence-electron chi connectivity index (χ4n) is 2.65. The summed E-state index contributed by atoms with van der Waals surface area (Å²) in [7, 11) is 0. The standard InChI is InChI=1S/C15H21ClN2O2/c16-13-7-8-14(19)18(11-13)10-4-9-17-15(20)12-5-2-1-3-6-12/h7-8,11-12H,1-6,9-10H2,(H,17,20). The van der Waals surface area contributed by atoms with Crippen molar-refractivity contribution in [2.45, 2.75) is 45.1 Å². The molecule has 0 aromatic carbocycles. The summed E-state index contributed by atoms with van der Waals surface area (Å²) in [6.07, 6.45) is 7.97. The van der Waals surface area contributed by atoms with Crippen LogP contribution in [-0.4, -0.2) is 17.0 Å².